The summed E-state index contributed by atoms with van der Waals surface area (Å²) in [6.07, 6.45) is 22.4. The highest BCUT2D eigenvalue weighted by molar-refractivity contribution is 7.47. The van der Waals surface area contributed by atoms with Gasteiger partial charge < -0.3 is 19.6 Å². The molecule has 0 aromatic carbocycles. The lowest BCUT2D eigenvalue weighted by atomic mass is 10.0. The van der Waals surface area contributed by atoms with Crippen LogP contribution in [0, 0.1) is 0 Å². The van der Waals surface area contributed by atoms with E-state index < -0.39 is 13.9 Å². The van der Waals surface area contributed by atoms with Crippen molar-refractivity contribution in [1.82, 2.24) is 4.90 Å². The van der Waals surface area contributed by atoms with Gasteiger partial charge in [0.15, 0.2) is 0 Å². The van der Waals surface area contributed by atoms with Gasteiger partial charge in [-0.1, -0.05) is 90.4 Å². The summed E-state index contributed by atoms with van der Waals surface area (Å²) in [6, 6.07) is 0. The lowest BCUT2D eigenvalue weighted by Crippen LogP contribution is -2.21. The molecule has 2 atom stereocenters. The molecule has 0 saturated carbocycles. The van der Waals surface area contributed by atoms with Gasteiger partial charge in [0.05, 0.1) is 19.5 Å². The first-order valence-electron chi connectivity index (χ1n) is 13.1. The summed E-state index contributed by atoms with van der Waals surface area (Å²) >= 11 is 0. The van der Waals surface area contributed by atoms with E-state index in [1.54, 1.807) is 6.26 Å². The van der Waals surface area contributed by atoms with Crippen LogP contribution in [0.15, 0.2) is 12.3 Å². The predicted octanol–water partition coefficient (Wildman–Crippen LogP) is 6.44. The molecule has 8 heteroatoms. The third kappa shape index (κ3) is 26.0. The Morgan fingerprint density at radius 1 is 0.818 bits per heavy atom. The van der Waals surface area contributed by atoms with Crippen molar-refractivity contribution in [3.05, 3.63) is 12.3 Å². The molecule has 0 aromatic heterocycles. The van der Waals surface area contributed by atoms with Crippen molar-refractivity contribution >= 4 is 7.82 Å². The van der Waals surface area contributed by atoms with Crippen LogP contribution >= 0.6 is 7.82 Å². The minimum absolute atomic E-state index is 0.00688. The highest BCUT2D eigenvalue weighted by Crippen LogP contribution is 2.42. The van der Waals surface area contributed by atoms with Crippen LogP contribution < -0.4 is 0 Å². The largest absolute Gasteiger partial charge is 0.499 e. The van der Waals surface area contributed by atoms with E-state index in [9.17, 15) is 14.6 Å². The summed E-state index contributed by atoms with van der Waals surface area (Å²) in [5.41, 5.74) is 0. The average molecular weight is 494 g/mol. The van der Waals surface area contributed by atoms with Crippen molar-refractivity contribution in [3.63, 3.8) is 0 Å². The Kier molecular flexibility index (Phi) is 23.0. The van der Waals surface area contributed by atoms with Crippen LogP contribution in [0.1, 0.15) is 103 Å². The minimum Gasteiger partial charge on any atom is -0.499 e. The molecule has 0 spiro atoms. The topological polar surface area (TPSA) is 88.5 Å². The van der Waals surface area contributed by atoms with Gasteiger partial charge in [-0.2, -0.15) is 0 Å². The molecule has 0 heterocycles. The van der Waals surface area contributed by atoms with Crippen molar-refractivity contribution in [2.45, 2.75) is 109 Å². The molecular formula is C25H52NO6P. The highest BCUT2D eigenvalue weighted by atomic mass is 31.2. The van der Waals surface area contributed by atoms with Gasteiger partial charge >= 0.3 is 7.82 Å². The molecule has 0 amide bonds. The predicted molar refractivity (Wildman–Crippen MR) is 136 cm³/mol. The highest BCUT2D eigenvalue weighted by Gasteiger charge is 2.22. The lowest BCUT2D eigenvalue weighted by molar-refractivity contribution is 0.0302. The molecule has 198 valence electrons. The van der Waals surface area contributed by atoms with Crippen LogP contribution in [0.5, 0.6) is 0 Å². The molecule has 0 aromatic rings. The number of phosphoric ester groups is 1. The van der Waals surface area contributed by atoms with E-state index in [2.05, 4.69) is 6.92 Å². The number of hydrogen-bond donors (Lipinski definition) is 2. The second kappa shape index (κ2) is 23.3. The number of unbranched alkanes of at least 4 members (excludes halogenated alkanes) is 14. The van der Waals surface area contributed by atoms with E-state index in [1.807, 2.05) is 25.1 Å². The van der Waals surface area contributed by atoms with Gasteiger partial charge in [0.2, 0.25) is 0 Å². The monoisotopic (exact) mass is 493 g/mol. The second-order valence-corrected chi connectivity index (χ2v) is 10.6. The second-order valence-electron chi connectivity index (χ2n) is 9.14. The standard InChI is InChI=1S/C25H52NO6P/c1-4-5-6-7-8-9-10-11-12-13-14-15-16-17-18-19-21-30-23-25(27)24-32-33(28,29)31-22-20-26(2)3/h19,21,25,27H,4-18,20,22-24H2,1-3H3,(H,28,29). The lowest BCUT2D eigenvalue weighted by Gasteiger charge is -2.16. The zero-order valence-electron chi connectivity index (χ0n) is 21.6. The fourth-order valence-corrected chi connectivity index (χ4v) is 4.11. The number of aliphatic hydroxyl groups is 1. The number of hydrogen-bond acceptors (Lipinski definition) is 6. The molecule has 0 fully saturated rings. The van der Waals surface area contributed by atoms with Crippen molar-refractivity contribution in [3.8, 4) is 0 Å². The molecule has 33 heavy (non-hydrogen) atoms. The van der Waals surface area contributed by atoms with Crippen LogP contribution in [0.2, 0.25) is 0 Å². The molecule has 0 radical (unpaired) electrons. The fraction of sp³-hybridized carbons (Fsp3) is 0.920. The quantitative estimate of drug-likeness (QED) is 0.0859. The maximum absolute atomic E-state index is 11.7. The molecule has 0 bridgehead atoms. The maximum atomic E-state index is 11.7. The number of rotatable bonds is 25. The van der Waals surface area contributed by atoms with Crippen LogP contribution in [0.3, 0.4) is 0 Å². The first kappa shape index (κ1) is 32.6. The van der Waals surface area contributed by atoms with E-state index in [1.165, 1.54) is 83.5 Å². The van der Waals surface area contributed by atoms with Gasteiger partial charge in [0, 0.05) is 6.54 Å². The zero-order chi connectivity index (χ0) is 24.6. The number of phosphoric acid groups is 1. The van der Waals surface area contributed by atoms with Crippen molar-refractivity contribution < 1.29 is 28.3 Å². The first-order valence-corrected chi connectivity index (χ1v) is 14.6. The van der Waals surface area contributed by atoms with Gasteiger partial charge in [-0.25, -0.2) is 4.57 Å². The van der Waals surface area contributed by atoms with Gasteiger partial charge in [0.1, 0.15) is 12.7 Å². The number of aliphatic hydroxyl groups excluding tert-OH is 1. The van der Waals surface area contributed by atoms with E-state index >= 15 is 0 Å². The van der Waals surface area contributed by atoms with Crippen LogP contribution in [0.25, 0.3) is 0 Å². The van der Waals surface area contributed by atoms with Crippen LogP contribution in [-0.2, 0) is 18.3 Å². The third-order valence-corrected chi connectivity index (χ3v) is 6.41. The maximum Gasteiger partial charge on any atom is 0.472 e. The molecule has 0 aliphatic rings. The molecule has 0 aliphatic carbocycles. The van der Waals surface area contributed by atoms with E-state index in [4.69, 9.17) is 13.8 Å². The summed E-state index contributed by atoms with van der Waals surface area (Å²) < 4.78 is 26.5. The SMILES string of the molecule is CCCCCCCCCCCCCCCCC=COCC(O)COP(=O)(O)OCCN(C)C. The number of nitrogens with zero attached hydrogens (tertiary/aromatic N) is 1. The Balaban J connectivity index is 3.41. The number of allylic oxidation sites excluding steroid dienone is 1. The molecule has 2 unspecified atom stereocenters. The van der Waals surface area contributed by atoms with Crippen molar-refractivity contribution in [1.29, 1.82) is 0 Å². The Bertz CT molecular complexity index is 490. The summed E-state index contributed by atoms with van der Waals surface area (Å²) in [7, 11) is -0.474. The van der Waals surface area contributed by atoms with Gasteiger partial charge in [-0.15, -0.1) is 0 Å². The van der Waals surface area contributed by atoms with E-state index in [0.29, 0.717) is 6.54 Å². The summed E-state index contributed by atoms with van der Waals surface area (Å²) in [5, 5.41) is 9.78. The molecule has 0 rings (SSSR count). The normalized spacial score (nSPS) is 14.7. The van der Waals surface area contributed by atoms with E-state index in [0.717, 1.165) is 12.8 Å². The first-order chi connectivity index (χ1) is 15.9. The van der Waals surface area contributed by atoms with E-state index in [-0.39, 0.29) is 19.8 Å². The number of likely N-dealkylation sites (N-methyl/N-ethyl adjacent to an activating group) is 1. The van der Waals surface area contributed by atoms with Gasteiger partial charge in [0.25, 0.3) is 0 Å². The van der Waals surface area contributed by atoms with Crippen molar-refractivity contribution in [2.75, 3.05) is 40.5 Å². The zero-order valence-corrected chi connectivity index (χ0v) is 22.5. The van der Waals surface area contributed by atoms with Crippen LogP contribution in [0.4, 0.5) is 0 Å². The fourth-order valence-electron chi connectivity index (χ4n) is 3.36. The summed E-state index contributed by atoms with van der Waals surface area (Å²) in [6.45, 7) is 2.54. The molecule has 0 saturated heterocycles. The number of ether oxygens (including phenoxy) is 1. The van der Waals surface area contributed by atoms with Crippen LogP contribution in [-0.4, -0.2) is 61.5 Å². The summed E-state index contributed by atoms with van der Waals surface area (Å²) in [5.74, 6) is 0. The molecule has 0 aliphatic heterocycles. The Labute approximate surface area is 203 Å². The summed E-state index contributed by atoms with van der Waals surface area (Å²) in [4.78, 5) is 11.4. The van der Waals surface area contributed by atoms with Gasteiger partial charge in [-0.05, 0) is 33.0 Å². The average Bonchev–Trinajstić information content (AvgIpc) is 2.76. The Morgan fingerprint density at radius 3 is 1.85 bits per heavy atom. The molecule has 2 N–H and O–H groups in total. The van der Waals surface area contributed by atoms with Gasteiger partial charge in [-0.3, -0.25) is 9.05 Å². The molecular weight excluding hydrogens is 441 g/mol. The Hall–Kier alpha value is -0.430. The third-order valence-electron chi connectivity index (χ3n) is 5.43. The van der Waals surface area contributed by atoms with Crippen molar-refractivity contribution in [2.24, 2.45) is 0 Å². The Morgan fingerprint density at radius 2 is 1.33 bits per heavy atom. The minimum atomic E-state index is -4.14. The smallest absolute Gasteiger partial charge is 0.472 e. The molecule has 7 nitrogen and oxygen atoms in total.